The van der Waals surface area contributed by atoms with Gasteiger partial charge in [0.25, 0.3) is 5.91 Å². The molecular weight excluding hydrogens is 362 g/mol. The first-order valence-electron chi connectivity index (χ1n) is 8.69. The van der Waals surface area contributed by atoms with Crippen LogP contribution in [0.4, 0.5) is 5.95 Å². The molecular formula is C19H23N5O2S. The number of anilines is 1. The molecule has 3 aromatic heterocycles. The fraction of sp³-hybridized carbons (Fsp3) is 0.368. The number of nitrogens with zero attached hydrogens (tertiary/aromatic N) is 3. The third-order valence-electron chi connectivity index (χ3n) is 4.49. The van der Waals surface area contributed by atoms with Crippen LogP contribution in [0.25, 0.3) is 10.2 Å². The van der Waals surface area contributed by atoms with Crippen LogP contribution in [0.5, 0.6) is 0 Å². The maximum absolute atomic E-state index is 12.0. The van der Waals surface area contributed by atoms with Gasteiger partial charge in [-0.3, -0.25) is 9.78 Å². The van der Waals surface area contributed by atoms with Crippen LogP contribution in [0.2, 0.25) is 0 Å². The van der Waals surface area contributed by atoms with Gasteiger partial charge < -0.3 is 15.8 Å². The molecule has 3 rings (SSSR count). The first kappa shape index (κ1) is 19.2. The van der Waals surface area contributed by atoms with Gasteiger partial charge in [0.15, 0.2) is 5.69 Å². The number of aromatic nitrogens is 3. The second-order valence-corrected chi connectivity index (χ2v) is 7.70. The summed E-state index contributed by atoms with van der Waals surface area (Å²) < 4.78 is 6.13. The molecule has 0 bridgehead atoms. The van der Waals surface area contributed by atoms with Gasteiger partial charge in [0.1, 0.15) is 0 Å². The summed E-state index contributed by atoms with van der Waals surface area (Å²) in [5.41, 5.74) is 8.65. The molecule has 1 amide bonds. The van der Waals surface area contributed by atoms with E-state index in [0.717, 1.165) is 26.2 Å². The first-order chi connectivity index (χ1) is 12.9. The number of carbonyl (C=O) groups is 1. The number of ether oxygens (including phenoxy) is 1. The van der Waals surface area contributed by atoms with Gasteiger partial charge in [-0.2, -0.15) is 0 Å². The smallest absolute Gasteiger partial charge is 0.269 e. The Hall–Kier alpha value is -2.58. The number of nitrogens with one attached hydrogen (secondary N) is 1. The number of carbonyl (C=O) groups excluding carboxylic acids is 1. The van der Waals surface area contributed by atoms with Crippen LogP contribution in [0, 0.1) is 6.92 Å². The van der Waals surface area contributed by atoms with Crippen LogP contribution in [0.1, 0.15) is 46.4 Å². The summed E-state index contributed by atoms with van der Waals surface area (Å²) in [6, 6.07) is 3.77. The largest absolute Gasteiger partial charge is 0.381 e. The van der Waals surface area contributed by atoms with Gasteiger partial charge in [-0.05, 0) is 38.0 Å². The van der Waals surface area contributed by atoms with Crippen molar-refractivity contribution in [2.45, 2.75) is 39.3 Å². The Morgan fingerprint density at radius 1 is 1.37 bits per heavy atom. The van der Waals surface area contributed by atoms with Crippen molar-refractivity contribution in [2.24, 2.45) is 5.73 Å². The highest BCUT2D eigenvalue weighted by atomic mass is 32.1. The highest BCUT2D eigenvalue weighted by molar-refractivity contribution is 7.19. The van der Waals surface area contributed by atoms with E-state index in [9.17, 15) is 4.79 Å². The van der Waals surface area contributed by atoms with Gasteiger partial charge in [-0.25, -0.2) is 9.97 Å². The van der Waals surface area contributed by atoms with E-state index >= 15 is 0 Å². The lowest BCUT2D eigenvalue weighted by atomic mass is 10.1. The maximum atomic E-state index is 12.0. The zero-order valence-electron chi connectivity index (χ0n) is 15.8. The standard InChI is InChI=1S/C19H23N5O2S/c1-10(26-4)8-14-12(3)27-17-15(14)23-19(24-16(17)18(20)25)22-11(2)13-6-5-7-21-9-13/h5-7,9-11H,8H2,1-4H3,(H2,20,25)(H,22,23,24)/t10-,11+/m1/s1. The molecule has 3 N–H and O–H groups in total. The van der Waals surface area contributed by atoms with E-state index < -0.39 is 5.91 Å². The molecule has 0 aliphatic rings. The molecule has 7 nitrogen and oxygen atoms in total. The lowest BCUT2D eigenvalue weighted by Crippen LogP contribution is -2.17. The SMILES string of the molecule is CO[C@H](C)Cc1c(C)sc2c(C(N)=O)nc(N[C@@H](C)c3cccnc3)nc12. The molecule has 142 valence electrons. The third-order valence-corrected chi connectivity index (χ3v) is 5.63. The number of amides is 1. The molecule has 0 unspecified atom stereocenters. The molecule has 3 aromatic rings. The van der Waals surface area contributed by atoms with Crippen LogP contribution in [0.3, 0.4) is 0 Å². The first-order valence-corrected chi connectivity index (χ1v) is 9.51. The number of hydrogen-bond acceptors (Lipinski definition) is 7. The number of thiophene rings is 1. The van der Waals surface area contributed by atoms with Crippen molar-refractivity contribution in [3.63, 3.8) is 0 Å². The Morgan fingerprint density at radius 3 is 2.78 bits per heavy atom. The third kappa shape index (κ3) is 4.06. The van der Waals surface area contributed by atoms with Crippen molar-refractivity contribution in [1.82, 2.24) is 15.0 Å². The molecule has 0 radical (unpaired) electrons. The monoisotopic (exact) mass is 385 g/mol. The summed E-state index contributed by atoms with van der Waals surface area (Å²) in [6.45, 7) is 6.00. The molecule has 0 aliphatic carbocycles. The minimum absolute atomic E-state index is 0.0409. The molecule has 0 saturated carbocycles. The highest BCUT2D eigenvalue weighted by Gasteiger charge is 2.21. The lowest BCUT2D eigenvalue weighted by molar-refractivity contribution is 0.0997. The predicted molar refractivity (Wildman–Crippen MR) is 107 cm³/mol. The van der Waals surface area contributed by atoms with Crippen LogP contribution in [0.15, 0.2) is 24.5 Å². The molecule has 3 heterocycles. The highest BCUT2D eigenvalue weighted by Crippen LogP contribution is 2.33. The second kappa shape index (κ2) is 7.98. The molecule has 0 aromatic carbocycles. The number of nitrogens with two attached hydrogens (primary N) is 1. The van der Waals surface area contributed by atoms with Gasteiger partial charge in [0.2, 0.25) is 5.95 Å². The molecule has 0 spiro atoms. The quantitative estimate of drug-likeness (QED) is 0.647. The summed E-state index contributed by atoms with van der Waals surface area (Å²) in [5, 5.41) is 3.25. The average molecular weight is 385 g/mol. The zero-order chi connectivity index (χ0) is 19.6. The van der Waals surface area contributed by atoms with Crippen molar-refractivity contribution in [1.29, 1.82) is 0 Å². The number of aryl methyl sites for hydroxylation is 1. The van der Waals surface area contributed by atoms with Crippen molar-refractivity contribution >= 4 is 33.4 Å². The number of primary amides is 1. The molecule has 27 heavy (non-hydrogen) atoms. The maximum Gasteiger partial charge on any atom is 0.269 e. The Balaban J connectivity index is 2.05. The lowest BCUT2D eigenvalue weighted by Gasteiger charge is -2.15. The van der Waals surface area contributed by atoms with Crippen molar-refractivity contribution in [3.8, 4) is 0 Å². The Labute approximate surface area is 162 Å². The van der Waals surface area contributed by atoms with Crippen LogP contribution in [-0.2, 0) is 11.2 Å². The van der Waals surface area contributed by atoms with E-state index in [1.807, 2.05) is 32.9 Å². The van der Waals surface area contributed by atoms with Crippen molar-refractivity contribution < 1.29 is 9.53 Å². The number of pyridine rings is 1. The number of methoxy groups -OCH3 is 1. The summed E-state index contributed by atoms with van der Waals surface area (Å²) in [6.07, 6.45) is 4.25. The Bertz CT molecular complexity index is 958. The number of fused-ring (bicyclic) bond motifs is 1. The van der Waals surface area contributed by atoms with E-state index in [0.29, 0.717) is 12.4 Å². The summed E-state index contributed by atoms with van der Waals surface area (Å²) in [7, 11) is 1.68. The fourth-order valence-corrected chi connectivity index (χ4v) is 4.00. The van der Waals surface area contributed by atoms with E-state index in [-0.39, 0.29) is 17.8 Å². The summed E-state index contributed by atoms with van der Waals surface area (Å²) >= 11 is 1.49. The van der Waals surface area contributed by atoms with Gasteiger partial charge in [-0.15, -0.1) is 11.3 Å². The van der Waals surface area contributed by atoms with E-state index in [4.69, 9.17) is 15.5 Å². The Kier molecular flexibility index (Phi) is 5.67. The minimum atomic E-state index is -0.563. The van der Waals surface area contributed by atoms with E-state index in [1.54, 1.807) is 19.5 Å². The van der Waals surface area contributed by atoms with Gasteiger partial charge in [0, 0.05) is 30.8 Å². The van der Waals surface area contributed by atoms with Crippen molar-refractivity contribution in [3.05, 3.63) is 46.2 Å². The molecule has 0 aliphatic heterocycles. The fourth-order valence-electron chi connectivity index (χ4n) is 2.88. The number of rotatable bonds is 7. The number of hydrogen-bond donors (Lipinski definition) is 2. The van der Waals surface area contributed by atoms with Crippen LogP contribution in [-0.4, -0.2) is 34.1 Å². The van der Waals surface area contributed by atoms with Crippen LogP contribution < -0.4 is 11.1 Å². The Morgan fingerprint density at radius 2 is 2.15 bits per heavy atom. The molecule has 2 atom stereocenters. The molecule has 0 fully saturated rings. The van der Waals surface area contributed by atoms with Crippen molar-refractivity contribution in [2.75, 3.05) is 12.4 Å². The van der Waals surface area contributed by atoms with Gasteiger partial charge >= 0.3 is 0 Å². The predicted octanol–water partition coefficient (Wildman–Crippen LogP) is 3.24. The van der Waals surface area contributed by atoms with Crippen LogP contribution >= 0.6 is 11.3 Å². The molecule has 0 saturated heterocycles. The topological polar surface area (TPSA) is 103 Å². The average Bonchev–Trinajstić information content (AvgIpc) is 2.97. The second-order valence-electron chi connectivity index (χ2n) is 6.48. The summed E-state index contributed by atoms with van der Waals surface area (Å²) in [5.74, 6) is -0.191. The van der Waals surface area contributed by atoms with E-state index in [2.05, 4.69) is 15.3 Å². The zero-order valence-corrected chi connectivity index (χ0v) is 16.6. The summed E-state index contributed by atoms with van der Waals surface area (Å²) in [4.78, 5) is 26.3. The normalized spacial score (nSPS) is 13.5. The molecule has 8 heteroatoms. The van der Waals surface area contributed by atoms with Gasteiger partial charge in [-0.1, -0.05) is 6.07 Å². The van der Waals surface area contributed by atoms with E-state index in [1.165, 1.54) is 11.3 Å². The minimum Gasteiger partial charge on any atom is -0.381 e. The van der Waals surface area contributed by atoms with Gasteiger partial charge in [0.05, 0.1) is 22.4 Å².